The van der Waals surface area contributed by atoms with Crippen molar-refractivity contribution < 1.29 is 14.2 Å². The maximum Gasteiger partial charge on any atom is 0.118 e. The smallest absolute Gasteiger partial charge is 0.118 e. The predicted octanol–water partition coefficient (Wildman–Crippen LogP) is 1.84. The molecule has 0 radical (unpaired) electrons. The van der Waals surface area contributed by atoms with Gasteiger partial charge in [0.25, 0.3) is 0 Å². The zero-order valence-electron chi connectivity index (χ0n) is 11.6. The van der Waals surface area contributed by atoms with Crippen molar-refractivity contribution in [2.75, 3.05) is 40.0 Å². The molecule has 4 nitrogen and oxygen atoms in total. The van der Waals surface area contributed by atoms with E-state index in [0.29, 0.717) is 12.5 Å². The zero-order valence-corrected chi connectivity index (χ0v) is 11.6. The molecule has 2 rings (SSSR count). The van der Waals surface area contributed by atoms with Crippen molar-refractivity contribution in [3.05, 3.63) is 29.8 Å². The molecule has 1 atom stereocenters. The molecule has 19 heavy (non-hydrogen) atoms. The van der Waals surface area contributed by atoms with E-state index in [1.54, 1.807) is 7.11 Å². The highest BCUT2D eigenvalue weighted by molar-refractivity contribution is 5.26. The number of benzene rings is 1. The predicted molar refractivity (Wildman–Crippen MR) is 74.4 cm³/mol. The van der Waals surface area contributed by atoms with Gasteiger partial charge in [-0.1, -0.05) is 12.1 Å². The van der Waals surface area contributed by atoms with Gasteiger partial charge in [0.15, 0.2) is 0 Å². The van der Waals surface area contributed by atoms with Crippen LogP contribution in [0.3, 0.4) is 0 Å². The molecule has 0 saturated carbocycles. The van der Waals surface area contributed by atoms with Gasteiger partial charge in [0.05, 0.1) is 26.9 Å². The molecule has 1 aromatic rings. The first-order valence-electron chi connectivity index (χ1n) is 6.87. The monoisotopic (exact) mass is 265 g/mol. The van der Waals surface area contributed by atoms with Crippen molar-refractivity contribution in [2.45, 2.75) is 13.0 Å². The minimum absolute atomic E-state index is 0.651. The first kappa shape index (κ1) is 14.3. The molecule has 0 amide bonds. The van der Waals surface area contributed by atoms with Gasteiger partial charge in [-0.15, -0.1) is 0 Å². The van der Waals surface area contributed by atoms with Crippen LogP contribution in [-0.4, -0.2) is 40.0 Å². The van der Waals surface area contributed by atoms with E-state index in [0.717, 1.165) is 38.7 Å². The molecule has 0 bridgehead atoms. The van der Waals surface area contributed by atoms with E-state index >= 15 is 0 Å². The Hall–Kier alpha value is -1.10. The Balaban J connectivity index is 1.51. The van der Waals surface area contributed by atoms with Crippen LogP contribution in [0.5, 0.6) is 5.75 Å². The van der Waals surface area contributed by atoms with Gasteiger partial charge in [-0.25, -0.2) is 0 Å². The van der Waals surface area contributed by atoms with E-state index < -0.39 is 0 Å². The highest BCUT2D eigenvalue weighted by Gasteiger charge is 2.14. The number of rotatable bonds is 8. The van der Waals surface area contributed by atoms with E-state index in [1.807, 2.05) is 24.3 Å². The summed E-state index contributed by atoms with van der Waals surface area (Å²) in [5.74, 6) is 1.56. The van der Waals surface area contributed by atoms with Crippen LogP contribution in [0.4, 0.5) is 0 Å². The molecule has 1 aromatic carbocycles. The van der Waals surface area contributed by atoms with E-state index in [4.69, 9.17) is 14.2 Å². The molecule has 106 valence electrons. The fourth-order valence-corrected chi connectivity index (χ4v) is 2.11. The van der Waals surface area contributed by atoms with Gasteiger partial charge in [-0.05, 0) is 30.0 Å². The van der Waals surface area contributed by atoms with Gasteiger partial charge < -0.3 is 19.5 Å². The lowest BCUT2D eigenvalue weighted by atomic mass is 10.1. The van der Waals surface area contributed by atoms with Gasteiger partial charge in [0.1, 0.15) is 5.75 Å². The first-order chi connectivity index (χ1) is 9.38. The van der Waals surface area contributed by atoms with Crippen LogP contribution in [0, 0.1) is 5.92 Å². The number of nitrogens with one attached hydrogen (secondary N) is 1. The van der Waals surface area contributed by atoms with Crippen molar-refractivity contribution in [2.24, 2.45) is 5.92 Å². The number of ether oxygens (including phenoxy) is 3. The molecule has 1 aliphatic heterocycles. The second-order valence-corrected chi connectivity index (χ2v) is 4.83. The van der Waals surface area contributed by atoms with Gasteiger partial charge in [0, 0.05) is 19.7 Å². The van der Waals surface area contributed by atoms with Crippen LogP contribution >= 0.6 is 0 Å². The Kier molecular flexibility index (Phi) is 6.14. The van der Waals surface area contributed by atoms with Crippen molar-refractivity contribution in [3.8, 4) is 5.75 Å². The lowest BCUT2D eigenvalue weighted by Crippen LogP contribution is -2.26. The highest BCUT2D eigenvalue weighted by Crippen LogP contribution is 2.12. The lowest BCUT2D eigenvalue weighted by Gasteiger charge is -2.10. The molecule has 4 heteroatoms. The van der Waals surface area contributed by atoms with E-state index in [-0.39, 0.29) is 0 Å². The van der Waals surface area contributed by atoms with E-state index in [1.165, 1.54) is 12.0 Å². The van der Waals surface area contributed by atoms with Gasteiger partial charge >= 0.3 is 0 Å². The highest BCUT2D eigenvalue weighted by atomic mass is 16.5. The summed E-state index contributed by atoms with van der Waals surface area (Å²) in [5, 5.41) is 3.41. The van der Waals surface area contributed by atoms with Crippen LogP contribution in [-0.2, 0) is 16.1 Å². The number of hydrogen-bond acceptors (Lipinski definition) is 4. The standard InChI is InChI=1S/C15H23NO3/c1-17-15-4-2-13(3-5-15)11-19-9-7-16-10-14-6-8-18-12-14/h2-5,14,16H,6-12H2,1H3. The molecule has 1 unspecified atom stereocenters. The second-order valence-electron chi connectivity index (χ2n) is 4.83. The average molecular weight is 265 g/mol. The fraction of sp³-hybridized carbons (Fsp3) is 0.600. The van der Waals surface area contributed by atoms with E-state index in [2.05, 4.69) is 5.32 Å². The summed E-state index contributed by atoms with van der Waals surface area (Å²) in [6.45, 7) is 5.14. The Bertz CT molecular complexity index is 347. The molecule has 1 fully saturated rings. The number of hydrogen-bond donors (Lipinski definition) is 1. The molecule has 0 spiro atoms. The van der Waals surface area contributed by atoms with Crippen LogP contribution < -0.4 is 10.1 Å². The molecular weight excluding hydrogens is 242 g/mol. The molecular formula is C15H23NO3. The van der Waals surface area contributed by atoms with Gasteiger partial charge in [-0.2, -0.15) is 0 Å². The Morgan fingerprint density at radius 3 is 2.84 bits per heavy atom. The molecule has 1 aliphatic rings. The van der Waals surface area contributed by atoms with Crippen molar-refractivity contribution in [1.82, 2.24) is 5.32 Å². The Morgan fingerprint density at radius 2 is 2.16 bits per heavy atom. The van der Waals surface area contributed by atoms with Crippen molar-refractivity contribution in [3.63, 3.8) is 0 Å². The summed E-state index contributed by atoms with van der Waals surface area (Å²) in [7, 11) is 1.67. The first-order valence-corrected chi connectivity index (χ1v) is 6.87. The summed E-state index contributed by atoms with van der Waals surface area (Å²) >= 11 is 0. The van der Waals surface area contributed by atoms with Crippen LogP contribution in [0.1, 0.15) is 12.0 Å². The minimum Gasteiger partial charge on any atom is -0.497 e. The van der Waals surface area contributed by atoms with Gasteiger partial charge in [0.2, 0.25) is 0 Å². The normalized spacial score (nSPS) is 18.7. The second kappa shape index (κ2) is 8.15. The maximum absolute atomic E-state index is 5.62. The fourth-order valence-electron chi connectivity index (χ4n) is 2.11. The average Bonchev–Trinajstić information content (AvgIpc) is 2.96. The quantitative estimate of drug-likeness (QED) is 0.728. The molecule has 1 heterocycles. The third-order valence-corrected chi connectivity index (χ3v) is 3.31. The van der Waals surface area contributed by atoms with Gasteiger partial charge in [-0.3, -0.25) is 0 Å². The molecule has 1 saturated heterocycles. The van der Waals surface area contributed by atoms with E-state index in [9.17, 15) is 0 Å². The zero-order chi connectivity index (χ0) is 13.3. The van der Waals surface area contributed by atoms with Crippen LogP contribution in [0.15, 0.2) is 24.3 Å². The third-order valence-electron chi connectivity index (χ3n) is 3.31. The van der Waals surface area contributed by atoms with Crippen LogP contribution in [0.2, 0.25) is 0 Å². The summed E-state index contributed by atoms with van der Waals surface area (Å²) < 4.78 is 16.1. The molecule has 1 N–H and O–H groups in total. The minimum atomic E-state index is 0.651. The Morgan fingerprint density at radius 1 is 1.32 bits per heavy atom. The summed E-state index contributed by atoms with van der Waals surface area (Å²) in [5.41, 5.74) is 1.17. The SMILES string of the molecule is COc1ccc(COCCNCC2CCOC2)cc1. The third kappa shape index (κ3) is 5.19. The topological polar surface area (TPSA) is 39.7 Å². The summed E-state index contributed by atoms with van der Waals surface area (Å²) in [6, 6.07) is 7.97. The Labute approximate surface area is 115 Å². The number of methoxy groups -OCH3 is 1. The van der Waals surface area contributed by atoms with Crippen molar-refractivity contribution in [1.29, 1.82) is 0 Å². The lowest BCUT2D eigenvalue weighted by molar-refractivity contribution is 0.121. The van der Waals surface area contributed by atoms with Crippen LogP contribution in [0.25, 0.3) is 0 Å². The summed E-state index contributed by atoms with van der Waals surface area (Å²) in [6.07, 6.45) is 1.18. The molecule has 0 aromatic heterocycles. The summed E-state index contributed by atoms with van der Waals surface area (Å²) in [4.78, 5) is 0. The molecule has 0 aliphatic carbocycles. The maximum atomic E-state index is 5.62. The largest absolute Gasteiger partial charge is 0.497 e. The van der Waals surface area contributed by atoms with Crippen molar-refractivity contribution >= 4 is 0 Å².